The van der Waals surface area contributed by atoms with Crippen molar-refractivity contribution >= 4 is 11.9 Å². The van der Waals surface area contributed by atoms with Crippen LogP contribution in [0, 0.1) is 0 Å². The molecule has 1 fully saturated rings. The Morgan fingerprint density at radius 3 is 1.64 bits per heavy atom. The van der Waals surface area contributed by atoms with Crippen LogP contribution in [0.2, 0.25) is 0 Å². The van der Waals surface area contributed by atoms with Crippen molar-refractivity contribution in [2.24, 2.45) is 0 Å². The van der Waals surface area contributed by atoms with Gasteiger partial charge in [0.1, 0.15) is 26.4 Å². The van der Waals surface area contributed by atoms with Crippen LogP contribution in [-0.4, -0.2) is 77.0 Å². The summed E-state index contributed by atoms with van der Waals surface area (Å²) in [5.41, 5.74) is 0. The largest absolute Gasteiger partial charge is 0.462 e. The van der Waals surface area contributed by atoms with E-state index in [1.54, 1.807) is 0 Å². The molecule has 1 heterocycles. The number of cyclic esters (lactones) is 2. The first-order chi connectivity index (χ1) is 10.6. The van der Waals surface area contributed by atoms with E-state index in [9.17, 15) is 9.59 Å². The van der Waals surface area contributed by atoms with E-state index in [-0.39, 0.29) is 51.8 Å². The predicted octanol–water partition coefficient (Wildman–Crippen LogP) is -0.0702. The molecule has 0 aromatic rings. The van der Waals surface area contributed by atoms with E-state index in [0.29, 0.717) is 13.2 Å². The van der Waals surface area contributed by atoms with Gasteiger partial charge in [-0.05, 0) is 13.8 Å². The summed E-state index contributed by atoms with van der Waals surface area (Å²) >= 11 is 0. The van der Waals surface area contributed by atoms with Crippen molar-refractivity contribution in [1.29, 1.82) is 0 Å². The molecule has 0 saturated carbocycles. The molecule has 0 aromatic heterocycles. The summed E-state index contributed by atoms with van der Waals surface area (Å²) in [5.74, 6) is -1.11. The van der Waals surface area contributed by atoms with Gasteiger partial charge in [-0.3, -0.25) is 0 Å². The Balaban J connectivity index is 2.35. The fourth-order valence-corrected chi connectivity index (χ4v) is 1.70. The van der Waals surface area contributed by atoms with Crippen molar-refractivity contribution in [1.82, 2.24) is 0 Å². The highest BCUT2D eigenvalue weighted by molar-refractivity contribution is 5.73. The Kier molecular flexibility index (Phi) is 9.72. The van der Waals surface area contributed by atoms with Crippen LogP contribution in [0.5, 0.6) is 0 Å². The molecule has 8 nitrogen and oxygen atoms in total. The first-order valence-electron chi connectivity index (χ1n) is 7.28. The molecule has 128 valence electrons. The molecule has 0 N–H and O–H groups in total. The van der Waals surface area contributed by atoms with E-state index < -0.39 is 11.9 Å². The van der Waals surface area contributed by atoms with E-state index in [0.717, 1.165) is 0 Å². The van der Waals surface area contributed by atoms with Gasteiger partial charge in [-0.1, -0.05) is 0 Å². The molecule has 0 bridgehead atoms. The first kappa shape index (κ1) is 18.8. The molecule has 0 aromatic carbocycles. The maximum Gasteiger partial charge on any atom is 0.332 e. The van der Waals surface area contributed by atoms with Crippen LogP contribution in [0.3, 0.4) is 0 Å². The standard InChI is InChI=1S/C14H24O8/c1-11-7-17-3-5-20-13(15)9-19-10-14(16)21-6-4-18-8-12(2)22-11/h11-12H,3-10H2,1-2H3. The van der Waals surface area contributed by atoms with Crippen LogP contribution < -0.4 is 0 Å². The third-order valence-electron chi connectivity index (χ3n) is 2.59. The SMILES string of the molecule is CC1COCCOC(=O)COCC(=O)OCCOCC(C)O1. The van der Waals surface area contributed by atoms with Gasteiger partial charge in [0, 0.05) is 0 Å². The van der Waals surface area contributed by atoms with E-state index >= 15 is 0 Å². The number of carbonyl (C=O) groups excluding carboxylic acids is 2. The summed E-state index contributed by atoms with van der Waals surface area (Å²) in [5, 5.41) is 0. The van der Waals surface area contributed by atoms with E-state index in [1.807, 2.05) is 13.8 Å². The van der Waals surface area contributed by atoms with Crippen molar-refractivity contribution in [2.75, 3.05) is 52.9 Å². The zero-order chi connectivity index (χ0) is 16.2. The van der Waals surface area contributed by atoms with E-state index in [1.165, 1.54) is 0 Å². The molecule has 0 amide bonds. The number of ether oxygens (including phenoxy) is 6. The lowest BCUT2D eigenvalue weighted by atomic mass is 10.4. The topological polar surface area (TPSA) is 89.5 Å². The zero-order valence-corrected chi connectivity index (χ0v) is 13.1. The normalized spacial score (nSPS) is 28.1. The third kappa shape index (κ3) is 9.67. The highest BCUT2D eigenvalue weighted by Gasteiger charge is 2.11. The van der Waals surface area contributed by atoms with Crippen molar-refractivity contribution in [3.05, 3.63) is 0 Å². The second kappa shape index (κ2) is 11.4. The number of carbonyl (C=O) groups is 2. The Bertz CT molecular complexity index is 303. The van der Waals surface area contributed by atoms with Crippen molar-refractivity contribution in [2.45, 2.75) is 26.1 Å². The van der Waals surface area contributed by atoms with E-state index in [2.05, 4.69) is 0 Å². The van der Waals surface area contributed by atoms with Crippen LogP contribution in [0.4, 0.5) is 0 Å². The van der Waals surface area contributed by atoms with Crippen molar-refractivity contribution in [3.8, 4) is 0 Å². The average molecular weight is 320 g/mol. The van der Waals surface area contributed by atoms with Gasteiger partial charge in [-0.2, -0.15) is 0 Å². The summed E-state index contributed by atoms with van der Waals surface area (Å²) in [4.78, 5) is 22.6. The summed E-state index contributed by atoms with van der Waals surface area (Å²) in [7, 11) is 0. The Hall–Kier alpha value is -1.22. The quantitative estimate of drug-likeness (QED) is 0.573. The molecule has 1 aliphatic rings. The number of hydrogen-bond donors (Lipinski definition) is 0. The minimum absolute atomic E-state index is 0.102. The molecular weight excluding hydrogens is 296 g/mol. The van der Waals surface area contributed by atoms with Gasteiger partial charge in [0.2, 0.25) is 0 Å². The van der Waals surface area contributed by atoms with Gasteiger partial charge in [-0.25, -0.2) is 9.59 Å². The van der Waals surface area contributed by atoms with E-state index in [4.69, 9.17) is 28.4 Å². The summed E-state index contributed by atoms with van der Waals surface area (Å²) < 4.78 is 31.0. The first-order valence-corrected chi connectivity index (χ1v) is 7.28. The van der Waals surface area contributed by atoms with Gasteiger partial charge in [0.15, 0.2) is 0 Å². The minimum Gasteiger partial charge on any atom is -0.462 e. The lowest BCUT2D eigenvalue weighted by molar-refractivity contribution is -0.158. The molecule has 2 atom stereocenters. The molecule has 1 rings (SSSR count). The highest BCUT2D eigenvalue weighted by atomic mass is 16.6. The highest BCUT2D eigenvalue weighted by Crippen LogP contribution is 2.00. The number of rotatable bonds is 0. The van der Waals surface area contributed by atoms with Crippen LogP contribution in [0.15, 0.2) is 0 Å². The molecule has 0 aliphatic carbocycles. The van der Waals surface area contributed by atoms with Crippen LogP contribution in [0.25, 0.3) is 0 Å². The van der Waals surface area contributed by atoms with Gasteiger partial charge >= 0.3 is 11.9 Å². The molecule has 2 unspecified atom stereocenters. The van der Waals surface area contributed by atoms with Crippen LogP contribution >= 0.6 is 0 Å². The number of hydrogen-bond acceptors (Lipinski definition) is 8. The predicted molar refractivity (Wildman–Crippen MR) is 74.4 cm³/mol. The van der Waals surface area contributed by atoms with Gasteiger partial charge in [0.25, 0.3) is 0 Å². The lowest BCUT2D eigenvalue weighted by Crippen LogP contribution is -2.27. The Morgan fingerprint density at radius 2 is 1.18 bits per heavy atom. The summed E-state index contributed by atoms with van der Waals surface area (Å²) in [6.45, 7) is 4.75. The maximum atomic E-state index is 11.3. The third-order valence-corrected chi connectivity index (χ3v) is 2.59. The zero-order valence-electron chi connectivity index (χ0n) is 13.1. The Labute approximate surface area is 129 Å². The van der Waals surface area contributed by atoms with Crippen LogP contribution in [0.1, 0.15) is 13.8 Å². The molecular formula is C14H24O8. The molecule has 8 heteroatoms. The average Bonchev–Trinajstić information content (AvgIpc) is 2.45. The summed E-state index contributed by atoms with van der Waals surface area (Å²) in [6, 6.07) is 0. The molecule has 1 aliphatic heterocycles. The summed E-state index contributed by atoms with van der Waals surface area (Å²) in [6.07, 6.45) is -0.205. The smallest absolute Gasteiger partial charge is 0.332 e. The fourth-order valence-electron chi connectivity index (χ4n) is 1.70. The van der Waals surface area contributed by atoms with Gasteiger partial charge in [-0.15, -0.1) is 0 Å². The molecule has 0 radical (unpaired) electrons. The second-order valence-electron chi connectivity index (χ2n) is 4.84. The number of esters is 2. The molecule has 0 spiro atoms. The Morgan fingerprint density at radius 1 is 0.727 bits per heavy atom. The van der Waals surface area contributed by atoms with Gasteiger partial charge < -0.3 is 28.4 Å². The van der Waals surface area contributed by atoms with Gasteiger partial charge in [0.05, 0.1) is 38.6 Å². The van der Waals surface area contributed by atoms with Crippen LogP contribution in [-0.2, 0) is 38.0 Å². The lowest BCUT2D eigenvalue weighted by Gasteiger charge is -2.19. The fraction of sp³-hybridized carbons (Fsp3) is 0.857. The minimum atomic E-state index is -0.557. The van der Waals surface area contributed by atoms with Crippen molar-refractivity contribution < 1.29 is 38.0 Å². The monoisotopic (exact) mass is 320 g/mol. The molecule has 1 saturated heterocycles. The maximum absolute atomic E-state index is 11.3. The second-order valence-corrected chi connectivity index (χ2v) is 4.84. The molecule has 22 heavy (non-hydrogen) atoms. The van der Waals surface area contributed by atoms with Crippen molar-refractivity contribution in [3.63, 3.8) is 0 Å².